The van der Waals surface area contributed by atoms with Crippen LogP contribution < -0.4 is 14.8 Å². The molecule has 0 aliphatic heterocycles. The Kier molecular flexibility index (Phi) is 7.74. The summed E-state index contributed by atoms with van der Waals surface area (Å²) < 4.78 is 13.9. The predicted molar refractivity (Wildman–Crippen MR) is 138 cm³/mol. The lowest BCUT2D eigenvalue weighted by Gasteiger charge is -2.16. The molecule has 4 aromatic rings. The molecule has 0 aliphatic carbocycles. The number of anilines is 1. The molecule has 4 rings (SSSR count). The van der Waals surface area contributed by atoms with Crippen LogP contribution in [0, 0.1) is 0 Å². The van der Waals surface area contributed by atoms with E-state index in [1.165, 1.54) is 0 Å². The molecule has 0 radical (unpaired) electrons. The lowest BCUT2D eigenvalue weighted by molar-refractivity contribution is 0.301. The van der Waals surface area contributed by atoms with Gasteiger partial charge in [0.2, 0.25) is 0 Å². The maximum absolute atomic E-state index is 6.15. The number of para-hydroxylation sites is 1. The van der Waals surface area contributed by atoms with Crippen molar-refractivity contribution in [1.29, 1.82) is 0 Å². The maximum atomic E-state index is 6.15. The predicted octanol–water partition coefficient (Wildman–Crippen LogP) is 8.85. The zero-order chi connectivity index (χ0) is 22.3. The average molecular weight is 574 g/mol. The smallest absolute Gasteiger partial charge is 0.139 e. The normalized spacial score (nSPS) is 10.6. The topological polar surface area (TPSA) is 30.5 Å². The number of benzene rings is 4. The van der Waals surface area contributed by atoms with Crippen LogP contribution in [0.5, 0.6) is 17.2 Å². The van der Waals surface area contributed by atoms with Crippen LogP contribution in [-0.2, 0) is 13.2 Å². The number of hydrogen-bond donors (Lipinski definition) is 1. The molecule has 4 aromatic carbocycles. The fourth-order valence-electron chi connectivity index (χ4n) is 3.11. The number of nitrogens with one attached hydrogen (secondary N) is 1. The molecule has 0 aromatic heterocycles. The molecule has 0 fully saturated rings. The van der Waals surface area contributed by atoms with Crippen LogP contribution in [0.4, 0.5) is 5.69 Å². The molecule has 32 heavy (non-hydrogen) atoms. The Morgan fingerprint density at radius 1 is 0.781 bits per heavy atom. The van der Waals surface area contributed by atoms with E-state index in [1.807, 2.05) is 84.9 Å². The fraction of sp³-hybridized carbons (Fsp3) is 0.0769. The molecule has 0 spiro atoms. The van der Waals surface area contributed by atoms with Crippen LogP contribution in [0.3, 0.4) is 0 Å². The third-order valence-electron chi connectivity index (χ3n) is 4.70. The van der Waals surface area contributed by atoms with E-state index in [9.17, 15) is 0 Å². The van der Waals surface area contributed by atoms with E-state index in [-0.39, 0.29) is 0 Å². The summed E-state index contributed by atoms with van der Waals surface area (Å²) in [5, 5.41) is 4.17. The minimum absolute atomic E-state index is 0.454. The minimum atomic E-state index is 0.454. The van der Waals surface area contributed by atoms with Crippen molar-refractivity contribution in [3.05, 3.63) is 116 Å². The number of ether oxygens (including phenoxy) is 2. The quantitative estimate of drug-likeness (QED) is 0.228. The van der Waals surface area contributed by atoms with Gasteiger partial charge in [-0.2, -0.15) is 0 Å². The molecule has 0 heterocycles. The van der Waals surface area contributed by atoms with Crippen LogP contribution >= 0.6 is 43.5 Å². The van der Waals surface area contributed by atoms with Crippen LogP contribution in [0.2, 0.25) is 5.02 Å². The van der Waals surface area contributed by atoms with E-state index in [4.69, 9.17) is 21.1 Å². The van der Waals surface area contributed by atoms with Crippen molar-refractivity contribution in [2.45, 2.75) is 13.2 Å². The molecule has 0 saturated carbocycles. The Balaban J connectivity index is 1.42. The molecular formula is C26H20Br2ClNO2. The third-order valence-corrected chi connectivity index (χ3v) is 6.00. The van der Waals surface area contributed by atoms with E-state index in [0.29, 0.717) is 18.2 Å². The van der Waals surface area contributed by atoms with Gasteiger partial charge in [0.1, 0.15) is 23.9 Å². The standard InChI is InChI=1S/C26H20Br2ClNO2/c27-20-14-19(26(25(28)15-20)31-17-18-6-8-21(29)9-7-18)16-30-22-10-12-24(13-11-22)32-23-4-2-1-3-5-23/h1-15,30H,16-17H2. The highest BCUT2D eigenvalue weighted by atomic mass is 79.9. The second kappa shape index (κ2) is 10.9. The molecule has 1 N–H and O–H groups in total. The summed E-state index contributed by atoms with van der Waals surface area (Å²) in [4.78, 5) is 0. The summed E-state index contributed by atoms with van der Waals surface area (Å²) >= 11 is 13.2. The van der Waals surface area contributed by atoms with Gasteiger partial charge in [0.25, 0.3) is 0 Å². The van der Waals surface area contributed by atoms with Gasteiger partial charge >= 0.3 is 0 Å². The molecular weight excluding hydrogens is 554 g/mol. The van der Waals surface area contributed by atoms with E-state index in [1.54, 1.807) is 0 Å². The van der Waals surface area contributed by atoms with Gasteiger partial charge in [-0.3, -0.25) is 0 Å². The molecule has 3 nitrogen and oxygen atoms in total. The van der Waals surface area contributed by atoms with Gasteiger partial charge in [-0.05, 0) is 82.2 Å². The largest absolute Gasteiger partial charge is 0.487 e. The van der Waals surface area contributed by atoms with E-state index >= 15 is 0 Å². The first-order chi connectivity index (χ1) is 15.6. The summed E-state index contributed by atoms with van der Waals surface area (Å²) in [5.74, 6) is 2.41. The maximum Gasteiger partial charge on any atom is 0.139 e. The van der Waals surface area contributed by atoms with Gasteiger partial charge in [0.05, 0.1) is 4.47 Å². The van der Waals surface area contributed by atoms with Crippen LogP contribution in [0.1, 0.15) is 11.1 Å². The number of halogens is 3. The fourth-order valence-corrected chi connectivity index (χ4v) is 4.66. The first-order valence-corrected chi connectivity index (χ1v) is 12.0. The Bertz CT molecular complexity index is 1170. The monoisotopic (exact) mass is 571 g/mol. The van der Waals surface area contributed by atoms with Crippen molar-refractivity contribution in [2.24, 2.45) is 0 Å². The van der Waals surface area contributed by atoms with Gasteiger partial charge in [-0.25, -0.2) is 0 Å². The van der Waals surface area contributed by atoms with Crippen molar-refractivity contribution >= 4 is 49.1 Å². The highest BCUT2D eigenvalue weighted by molar-refractivity contribution is 9.11. The summed E-state index contributed by atoms with van der Waals surface area (Å²) in [7, 11) is 0. The lowest BCUT2D eigenvalue weighted by Crippen LogP contribution is -2.04. The highest BCUT2D eigenvalue weighted by Crippen LogP contribution is 2.34. The van der Waals surface area contributed by atoms with Gasteiger partial charge in [-0.15, -0.1) is 0 Å². The molecule has 0 aliphatic rings. The van der Waals surface area contributed by atoms with Gasteiger partial charge in [0, 0.05) is 27.3 Å². The first-order valence-electron chi connectivity index (χ1n) is 9.99. The van der Waals surface area contributed by atoms with Crippen molar-refractivity contribution in [3.63, 3.8) is 0 Å². The SMILES string of the molecule is Clc1ccc(COc2c(Br)cc(Br)cc2CNc2ccc(Oc3ccccc3)cc2)cc1. The van der Waals surface area contributed by atoms with E-state index in [2.05, 4.69) is 43.2 Å². The van der Waals surface area contributed by atoms with Gasteiger partial charge in [0.15, 0.2) is 0 Å². The Hall–Kier alpha value is -2.47. The van der Waals surface area contributed by atoms with Crippen molar-refractivity contribution in [2.75, 3.05) is 5.32 Å². The first kappa shape index (κ1) is 22.7. The second-order valence-electron chi connectivity index (χ2n) is 7.08. The van der Waals surface area contributed by atoms with Crippen LogP contribution in [0.25, 0.3) is 0 Å². The van der Waals surface area contributed by atoms with Crippen LogP contribution in [0.15, 0.2) is 99.9 Å². The molecule has 0 saturated heterocycles. The Morgan fingerprint density at radius 2 is 1.47 bits per heavy atom. The van der Waals surface area contributed by atoms with Crippen molar-refractivity contribution in [1.82, 2.24) is 0 Å². The summed E-state index contributed by atoms with van der Waals surface area (Å²) in [6.45, 7) is 1.06. The lowest BCUT2D eigenvalue weighted by atomic mass is 10.2. The Labute approximate surface area is 209 Å². The molecule has 0 unspecified atom stereocenters. The zero-order valence-corrected chi connectivity index (χ0v) is 21.0. The summed E-state index contributed by atoms with van der Waals surface area (Å²) in [5.41, 5.74) is 3.08. The molecule has 6 heteroatoms. The number of hydrogen-bond acceptors (Lipinski definition) is 3. The highest BCUT2D eigenvalue weighted by Gasteiger charge is 2.11. The molecule has 162 valence electrons. The second-order valence-corrected chi connectivity index (χ2v) is 9.29. The molecule has 0 atom stereocenters. The van der Waals surface area contributed by atoms with Crippen molar-refractivity contribution in [3.8, 4) is 17.2 Å². The van der Waals surface area contributed by atoms with Crippen molar-refractivity contribution < 1.29 is 9.47 Å². The van der Waals surface area contributed by atoms with E-state index < -0.39 is 0 Å². The zero-order valence-electron chi connectivity index (χ0n) is 17.0. The average Bonchev–Trinajstić information content (AvgIpc) is 2.80. The number of rotatable bonds is 8. The summed E-state index contributed by atoms with van der Waals surface area (Å²) in [6, 6.07) is 29.3. The molecule has 0 bridgehead atoms. The van der Waals surface area contributed by atoms with Gasteiger partial charge in [-0.1, -0.05) is 57.9 Å². The molecule has 0 amide bonds. The minimum Gasteiger partial charge on any atom is -0.487 e. The van der Waals surface area contributed by atoms with Gasteiger partial charge < -0.3 is 14.8 Å². The van der Waals surface area contributed by atoms with E-state index in [0.717, 1.165) is 43.0 Å². The van der Waals surface area contributed by atoms with Crippen LogP contribution in [-0.4, -0.2) is 0 Å². The summed E-state index contributed by atoms with van der Waals surface area (Å²) in [6.07, 6.45) is 0. The Morgan fingerprint density at radius 3 is 2.19 bits per heavy atom. The third kappa shape index (κ3) is 6.28.